The summed E-state index contributed by atoms with van der Waals surface area (Å²) in [7, 11) is 0. The lowest BCUT2D eigenvalue weighted by molar-refractivity contribution is -0.167. The van der Waals surface area contributed by atoms with Gasteiger partial charge in [-0.3, -0.25) is 0 Å². The van der Waals surface area contributed by atoms with Crippen LogP contribution in [0.2, 0.25) is 0 Å². The molecule has 5 atom stereocenters. The summed E-state index contributed by atoms with van der Waals surface area (Å²) < 4.78 is 5.82. The molecular formula is C18H26O2. The lowest BCUT2D eigenvalue weighted by Crippen LogP contribution is -2.46. The largest absolute Gasteiger partial charge is 0.456 e. The third-order valence-electron chi connectivity index (χ3n) is 7.51. The minimum Gasteiger partial charge on any atom is -0.456 e. The molecule has 0 saturated heterocycles. The van der Waals surface area contributed by atoms with Gasteiger partial charge in [-0.1, -0.05) is 6.58 Å². The summed E-state index contributed by atoms with van der Waals surface area (Å²) in [6.07, 6.45) is 11.0. The Morgan fingerprint density at radius 3 is 2.80 bits per heavy atom. The Labute approximate surface area is 122 Å². The second-order valence-electron chi connectivity index (χ2n) is 8.57. The predicted octanol–water partition coefficient (Wildman–Crippen LogP) is 4.10. The molecule has 5 unspecified atom stereocenters. The maximum absolute atomic E-state index is 11.7. The maximum Gasteiger partial charge on any atom is 0.330 e. The van der Waals surface area contributed by atoms with Crippen LogP contribution in [0.15, 0.2) is 12.7 Å². The molecule has 0 aliphatic heterocycles. The lowest BCUT2D eigenvalue weighted by atomic mass is 9.54. The van der Waals surface area contributed by atoms with Crippen molar-refractivity contribution in [3.63, 3.8) is 0 Å². The van der Waals surface area contributed by atoms with Gasteiger partial charge in [0, 0.05) is 11.5 Å². The van der Waals surface area contributed by atoms with Crippen LogP contribution < -0.4 is 0 Å². The Morgan fingerprint density at radius 1 is 1.25 bits per heavy atom. The number of fused-ring (bicyclic) bond motifs is 2. The molecule has 2 heteroatoms. The van der Waals surface area contributed by atoms with E-state index in [1.54, 1.807) is 0 Å². The van der Waals surface area contributed by atoms with Crippen molar-refractivity contribution in [1.29, 1.82) is 0 Å². The zero-order chi connectivity index (χ0) is 14.2. The molecule has 0 radical (unpaired) electrons. The van der Waals surface area contributed by atoms with E-state index in [0.717, 1.165) is 17.8 Å². The normalized spacial score (nSPS) is 48.4. The summed E-state index contributed by atoms with van der Waals surface area (Å²) in [5.41, 5.74) is 0.581. The minimum absolute atomic E-state index is 0.227. The van der Waals surface area contributed by atoms with Crippen LogP contribution in [0, 0.1) is 28.6 Å². The van der Waals surface area contributed by atoms with Crippen molar-refractivity contribution >= 4 is 5.97 Å². The van der Waals surface area contributed by atoms with Gasteiger partial charge < -0.3 is 4.74 Å². The molecule has 0 aromatic heterocycles. The topological polar surface area (TPSA) is 26.3 Å². The maximum atomic E-state index is 11.7. The first-order chi connectivity index (χ1) is 9.40. The molecule has 110 valence electrons. The molecule has 4 aliphatic carbocycles. The van der Waals surface area contributed by atoms with Crippen molar-refractivity contribution in [3.8, 4) is 0 Å². The number of hydrogen-bond donors (Lipinski definition) is 0. The highest BCUT2D eigenvalue weighted by Gasteiger charge is 2.69. The number of hydrogen-bond acceptors (Lipinski definition) is 2. The quantitative estimate of drug-likeness (QED) is 0.572. The number of carbonyl (C=O) groups is 1. The van der Waals surface area contributed by atoms with E-state index in [1.807, 2.05) is 0 Å². The van der Waals surface area contributed by atoms with Gasteiger partial charge >= 0.3 is 5.97 Å². The van der Waals surface area contributed by atoms with E-state index < -0.39 is 0 Å². The fourth-order valence-corrected chi connectivity index (χ4v) is 6.58. The molecule has 0 aromatic rings. The van der Waals surface area contributed by atoms with Crippen LogP contribution >= 0.6 is 0 Å². The van der Waals surface area contributed by atoms with Crippen LogP contribution in [0.3, 0.4) is 0 Å². The van der Waals surface area contributed by atoms with E-state index in [-0.39, 0.29) is 17.0 Å². The van der Waals surface area contributed by atoms with E-state index >= 15 is 0 Å². The van der Waals surface area contributed by atoms with Crippen LogP contribution in [0.5, 0.6) is 0 Å². The zero-order valence-electron chi connectivity index (χ0n) is 12.8. The zero-order valence-corrected chi connectivity index (χ0v) is 12.8. The smallest absolute Gasteiger partial charge is 0.330 e. The average molecular weight is 274 g/mol. The molecule has 20 heavy (non-hydrogen) atoms. The Bertz CT molecular complexity index is 476. The molecular weight excluding hydrogens is 248 g/mol. The molecule has 4 saturated carbocycles. The lowest BCUT2D eigenvalue weighted by Gasteiger charge is -2.51. The van der Waals surface area contributed by atoms with Gasteiger partial charge in [-0.25, -0.2) is 4.79 Å². The van der Waals surface area contributed by atoms with Gasteiger partial charge in [0.2, 0.25) is 0 Å². The molecule has 4 fully saturated rings. The van der Waals surface area contributed by atoms with Crippen molar-refractivity contribution in [2.45, 2.75) is 64.4 Å². The fourth-order valence-electron chi connectivity index (χ4n) is 6.58. The van der Waals surface area contributed by atoms with Crippen molar-refractivity contribution < 1.29 is 9.53 Å². The number of esters is 1. The highest BCUT2D eigenvalue weighted by molar-refractivity contribution is 5.81. The molecule has 0 amide bonds. The van der Waals surface area contributed by atoms with Crippen molar-refractivity contribution in [1.82, 2.24) is 0 Å². The van der Waals surface area contributed by atoms with Gasteiger partial charge in [-0.15, -0.1) is 0 Å². The Kier molecular flexibility index (Phi) is 2.39. The number of carbonyl (C=O) groups excluding carboxylic acids is 1. The number of rotatable bonds is 3. The third-order valence-corrected chi connectivity index (χ3v) is 7.51. The van der Waals surface area contributed by atoms with Crippen LogP contribution in [0.1, 0.15) is 58.8 Å². The van der Waals surface area contributed by atoms with Crippen molar-refractivity contribution in [3.05, 3.63) is 12.7 Å². The molecule has 4 aliphatic rings. The van der Waals surface area contributed by atoms with Gasteiger partial charge in [0.15, 0.2) is 0 Å². The summed E-state index contributed by atoms with van der Waals surface area (Å²) in [4.78, 5) is 11.7. The van der Waals surface area contributed by atoms with E-state index in [0.29, 0.717) is 5.41 Å². The first-order valence-electron chi connectivity index (χ1n) is 8.25. The number of ether oxygens (including phenoxy) is 1. The summed E-state index contributed by atoms with van der Waals surface area (Å²) >= 11 is 0. The summed E-state index contributed by atoms with van der Waals surface area (Å²) in [6, 6.07) is 0. The van der Waals surface area contributed by atoms with E-state index in [1.165, 1.54) is 51.0 Å². The van der Waals surface area contributed by atoms with Crippen molar-refractivity contribution in [2.75, 3.05) is 0 Å². The second-order valence-corrected chi connectivity index (χ2v) is 8.57. The molecule has 4 rings (SSSR count). The fraction of sp³-hybridized carbons (Fsp3) is 0.833. The highest BCUT2D eigenvalue weighted by Crippen LogP contribution is 2.76. The summed E-state index contributed by atoms with van der Waals surface area (Å²) in [5.74, 6) is 2.46. The predicted molar refractivity (Wildman–Crippen MR) is 78.0 cm³/mol. The first kappa shape index (κ1) is 12.9. The Morgan fingerprint density at radius 2 is 2.05 bits per heavy atom. The van der Waals surface area contributed by atoms with Crippen LogP contribution in [-0.4, -0.2) is 11.6 Å². The Balaban J connectivity index is 1.67. The van der Waals surface area contributed by atoms with Crippen LogP contribution in [0.25, 0.3) is 0 Å². The van der Waals surface area contributed by atoms with Gasteiger partial charge in [-0.2, -0.15) is 0 Å². The van der Waals surface area contributed by atoms with E-state index in [2.05, 4.69) is 20.4 Å². The monoisotopic (exact) mass is 274 g/mol. The van der Waals surface area contributed by atoms with E-state index in [9.17, 15) is 4.79 Å². The molecule has 1 spiro atoms. The molecule has 0 aromatic carbocycles. The Hall–Kier alpha value is -0.790. The summed E-state index contributed by atoms with van der Waals surface area (Å²) in [5, 5.41) is 0. The molecule has 4 bridgehead atoms. The van der Waals surface area contributed by atoms with Gasteiger partial charge in [0.1, 0.15) is 5.60 Å². The SMILES string of the molecule is C=CC(=O)OC(C)(C)C12CC3CCC4(C3)CC(C1)C4C2. The van der Waals surface area contributed by atoms with Gasteiger partial charge in [-0.05, 0) is 82.0 Å². The van der Waals surface area contributed by atoms with Gasteiger partial charge in [0.25, 0.3) is 0 Å². The standard InChI is InChI=1S/C18H26O2/c1-4-15(19)20-16(2,3)18-8-12-5-6-17(7-12)9-13(10-18)14(17)11-18/h4,12-14H,1,5-11H2,2-3H3. The average Bonchev–Trinajstić information content (AvgIpc) is 2.88. The van der Waals surface area contributed by atoms with Gasteiger partial charge in [0.05, 0.1) is 0 Å². The van der Waals surface area contributed by atoms with Crippen molar-refractivity contribution in [2.24, 2.45) is 28.6 Å². The van der Waals surface area contributed by atoms with Crippen LogP contribution in [0.4, 0.5) is 0 Å². The summed E-state index contributed by atoms with van der Waals surface area (Å²) in [6.45, 7) is 7.84. The highest BCUT2D eigenvalue weighted by atomic mass is 16.6. The molecule has 2 nitrogen and oxygen atoms in total. The molecule has 0 N–H and O–H groups in total. The minimum atomic E-state index is -0.346. The third kappa shape index (κ3) is 1.43. The molecule has 0 heterocycles. The second kappa shape index (κ2) is 3.69. The first-order valence-corrected chi connectivity index (χ1v) is 8.25. The van der Waals surface area contributed by atoms with E-state index in [4.69, 9.17) is 4.74 Å². The van der Waals surface area contributed by atoms with Crippen LogP contribution in [-0.2, 0) is 9.53 Å².